The van der Waals surface area contributed by atoms with Crippen molar-refractivity contribution in [3.05, 3.63) is 35.4 Å². The molecule has 92 valence electrons. The molecule has 0 spiro atoms. The Labute approximate surface area is 95.8 Å². The number of aliphatic imine (C=N–C) groups is 1. The Morgan fingerprint density at radius 1 is 1.41 bits per heavy atom. The summed E-state index contributed by atoms with van der Waals surface area (Å²) in [5.41, 5.74) is 10.2. The van der Waals surface area contributed by atoms with Crippen LogP contribution in [0.15, 0.2) is 23.2 Å². The van der Waals surface area contributed by atoms with Gasteiger partial charge in [0.1, 0.15) is 11.6 Å². The van der Waals surface area contributed by atoms with Gasteiger partial charge >= 0.3 is 5.97 Å². The number of carboxylic acid groups (broad SMARTS) is 1. The fourth-order valence-electron chi connectivity index (χ4n) is 1.34. The molecule has 0 radical (unpaired) electrons. The monoisotopic (exact) mass is 243 g/mol. The molecule has 0 aliphatic heterocycles. The summed E-state index contributed by atoms with van der Waals surface area (Å²) in [5, 5.41) is 8.66. The lowest BCUT2D eigenvalue weighted by molar-refractivity contribution is -0.137. The van der Waals surface area contributed by atoms with Crippen molar-refractivity contribution in [3.63, 3.8) is 0 Å². The first-order chi connectivity index (χ1) is 7.90. The zero-order valence-corrected chi connectivity index (χ0v) is 8.73. The van der Waals surface area contributed by atoms with Gasteiger partial charge in [0.05, 0.1) is 12.5 Å². The number of carbonyl (C=O) groups is 1. The van der Waals surface area contributed by atoms with Crippen molar-refractivity contribution in [2.24, 2.45) is 16.5 Å². The molecule has 7 heteroatoms. The van der Waals surface area contributed by atoms with E-state index in [2.05, 4.69) is 4.99 Å². The number of nitrogens with zero attached hydrogens (tertiary/aromatic N) is 1. The van der Waals surface area contributed by atoms with Crippen molar-refractivity contribution in [2.75, 3.05) is 0 Å². The van der Waals surface area contributed by atoms with Crippen LogP contribution in [0.25, 0.3) is 0 Å². The topological polar surface area (TPSA) is 102 Å². The van der Waals surface area contributed by atoms with Gasteiger partial charge in [0.25, 0.3) is 0 Å². The zero-order chi connectivity index (χ0) is 13.0. The highest BCUT2D eigenvalue weighted by molar-refractivity contribution is 5.77. The first kappa shape index (κ1) is 12.9. The number of benzene rings is 1. The van der Waals surface area contributed by atoms with Gasteiger partial charge < -0.3 is 16.6 Å². The lowest BCUT2D eigenvalue weighted by Crippen LogP contribution is -2.24. The normalized spacial score (nSPS) is 11.9. The van der Waals surface area contributed by atoms with Gasteiger partial charge in [0.15, 0.2) is 5.96 Å². The summed E-state index contributed by atoms with van der Waals surface area (Å²) >= 11 is 0. The zero-order valence-electron chi connectivity index (χ0n) is 8.73. The minimum atomic E-state index is -1.19. The maximum Gasteiger partial charge on any atom is 0.305 e. The molecule has 0 aliphatic rings. The molecule has 0 amide bonds. The first-order valence-corrected chi connectivity index (χ1v) is 4.65. The lowest BCUT2D eigenvalue weighted by Gasteiger charge is -2.11. The van der Waals surface area contributed by atoms with Crippen molar-refractivity contribution < 1.29 is 18.7 Å². The van der Waals surface area contributed by atoms with E-state index >= 15 is 0 Å². The van der Waals surface area contributed by atoms with Crippen LogP contribution in [0.4, 0.5) is 8.78 Å². The van der Waals surface area contributed by atoms with E-state index in [1.54, 1.807) is 0 Å². The molecule has 17 heavy (non-hydrogen) atoms. The smallest absolute Gasteiger partial charge is 0.305 e. The minimum absolute atomic E-state index is 0.0674. The van der Waals surface area contributed by atoms with Crippen molar-refractivity contribution in [2.45, 2.75) is 12.5 Å². The fraction of sp³-hybridized carbons (Fsp3) is 0.200. The van der Waals surface area contributed by atoms with Crippen LogP contribution in [0.1, 0.15) is 18.0 Å². The van der Waals surface area contributed by atoms with Gasteiger partial charge in [0.2, 0.25) is 0 Å². The number of hydrogen-bond donors (Lipinski definition) is 3. The second-order valence-corrected chi connectivity index (χ2v) is 3.33. The first-order valence-electron chi connectivity index (χ1n) is 4.65. The quantitative estimate of drug-likeness (QED) is 0.536. The Balaban J connectivity index is 3.12. The van der Waals surface area contributed by atoms with Gasteiger partial charge in [-0.1, -0.05) is 6.07 Å². The highest BCUT2D eigenvalue weighted by Crippen LogP contribution is 2.24. The average molecular weight is 243 g/mol. The second kappa shape index (κ2) is 5.24. The Morgan fingerprint density at radius 3 is 2.53 bits per heavy atom. The van der Waals surface area contributed by atoms with Gasteiger partial charge in [-0.15, -0.1) is 0 Å². The SMILES string of the molecule is NC(N)=NC(CC(=O)O)c1ccc(F)cc1F. The number of halogens is 2. The molecule has 5 N–H and O–H groups in total. The Morgan fingerprint density at radius 2 is 2.06 bits per heavy atom. The van der Waals surface area contributed by atoms with Gasteiger partial charge in [-0.25, -0.2) is 13.8 Å². The number of guanidine groups is 1. The lowest BCUT2D eigenvalue weighted by atomic mass is 10.0. The predicted octanol–water partition coefficient (Wildman–Crippen LogP) is 0.754. The third kappa shape index (κ3) is 3.71. The Hall–Kier alpha value is -2.18. The summed E-state index contributed by atoms with van der Waals surface area (Å²) in [6, 6.07) is 1.70. The van der Waals surface area contributed by atoms with Crippen LogP contribution in [0.2, 0.25) is 0 Å². The van der Waals surface area contributed by atoms with Crippen LogP contribution < -0.4 is 11.5 Å². The number of aliphatic carboxylic acids is 1. The molecule has 0 saturated heterocycles. The molecule has 0 fully saturated rings. The molecule has 0 heterocycles. The van der Waals surface area contributed by atoms with E-state index in [1.165, 1.54) is 0 Å². The summed E-state index contributed by atoms with van der Waals surface area (Å²) in [7, 11) is 0. The molecule has 0 bridgehead atoms. The second-order valence-electron chi connectivity index (χ2n) is 3.33. The fourth-order valence-corrected chi connectivity index (χ4v) is 1.34. The predicted molar refractivity (Wildman–Crippen MR) is 57.2 cm³/mol. The molecular weight excluding hydrogens is 232 g/mol. The molecule has 5 nitrogen and oxygen atoms in total. The summed E-state index contributed by atoms with van der Waals surface area (Å²) < 4.78 is 26.1. The molecule has 0 aliphatic carbocycles. The van der Waals surface area contributed by atoms with E-state index in [4.69, 9.17) is 16.6 Å². The van der Waals surface area contributed by atoms with E-state index in [1.807, 2.05) is 0 Å². The largest absolute Gasteiger partial charge is 0.481 e. The highest BCUT2D eigenvalue weighted by atomic mass is 19.1. The van der Waals surface area contributed by atoms with Gasteiger partial charge in [-0.3, -0.25) is 4.79 Å². The van der Waals surface area contributed by atoms with Crippen LogP contribution in [0.3, 0.4) is 0 Å². The minimum Gasteiger partial charge on any atom is -0.481 e. The average Bonchev–Trinajstić information content (AvgIpc) is 2.14. The van der Waals surface area contributed by atoms with Crippen LogP contribution in [-0.4, -0.2) is 17.0 Å². The Kier molecular flexibility index (Phi) is 3.97. The molecule has 1 unspecified atom stereocenters. The maximum absolute atomic E-state index is 13.4. The maximum atomic E-state index is 13.4. The summed E-state index contributed by atoms with van der Waals surface area (Å²) in [6.45, 7) is 0. The molecule has 1 aromatic carbocycles. The van der Waals surface area contributed by atoms with Gasteiger partial charge in [-0.05, 0) is 6.07 Å². The third-order valence-corrected chi connectivity index (χ3v) is 1.99. The molecule has 0 saturated carbocycles. The van der Waals surface area contributed by atoms with E-state index in [0.717, 1.165) is 12.1 Å². The van der Waals surface area contributed by atoms with Crippen molar-refractivity contribution in [1.82, 2.24) is 0 Å². The highest BCUT2D eigenvalue weighted by Gasteiger charge is 2.19. The number of carboxylic acids is 1. The Bertz CT molecular complexity index is 459. The molecule has 1 aromatic rings. The molecule has 1 rings (SSSR count). The number of hydrogen-bond acceptors (Lipinski definition) is 2. The third-order valence-electron chi connectivity index (χ3n) is 1.99. The van der Waals surface area contributed by atoms with Gasteiger partial charge in [0, 0.05) is 11.6 Å². The standard InChI is InChI=1S/C10H11F2N3O2/c11-5-1-2-6(7(12)3-5)8(4-9(16)17)15-10(13)14/h1-3,8H,4H2,(H,16,17)(H4,13,14,15). The summed E-state index contributed by atoms with van der Waals surface area (Å²) in [6.07, 6.45) is -0.486. The van der Waals surface area contributed by atoms with Crippen LogP contribution in [0, 0.1) is 11.6 Å². The number of rotatable bonds is 4. The van der Waals surface area contributed by atoms with E-state index in [9.17, 15) is 13.6 Å². The van der Waals surface area contributed by atoms with Crippen molar-refractivity contribution >= 4 is 11.9 Å². The van der Waals surface area contributed by atoms with Crippen LogP contribution >= 0.6 is 0 Å². The van der Waals surface area contributed by atoms with E-state index in [0.29, 0.717) is 6.07 Å². The van der Waals surface area contributed by atoms with Crippen LogP contribution in [-0.2, 0) is 4.79 Å². The van der Waals surface area contributed by atoms with E-state index in [-0.39, 0.29) is 11.5 Å². The van der Waals surface area contributed by atoms with E-state index < -0.39 is 30.1 Å². The summed E-state index contributed by atoms with van der Waals surface area (Å²) in [5.74, 6) is -3.20. The van der Waals surface area contributed by atoms with Crippen LogP contribution in [0.5, 0.6) is 0 Å². The van der Waals surface area contributed by atoms with Crippen molar-refractivity contribution in [3.8, 4) is 0 Å². The number of nitrogens with two attached hydrogens (primary N) is 2. The molecule has 1 atom stereocenters. The molecular formula is C10H11F2N3O2. The van der Waals surface area contributed by atoms with Crippen molar-refractivity contribution in [1.29, 1.82) is 0 Å². The van der Waals surface area contributed by atoms with Gasteiger partial charge in [-0.2, -0.15) is 0 Å². The molecule has 0 aromatic heterocycles. The summed E-state index contributed by atoms with van der Waals surface area (Å²) in [4.78, 5) is 14.2.